The number of benzene rings is 1. The standard InChI is InChI=1S/C20H26FN3O/c1-3-13-24(14-4-2)18-9-10-19(23-15-18)20(25)22-12-11-16-5-7-17(21)8-6-16/h5-10,15H,3-4,11-14H2,1-2H3,(H,22,25). The average molecular weight is 343 g/mol. The molecular formula is C20H26FN3O. The van der Waals surface area contributed by atoms with E-state index in [0.29, 0.717) is 18.7 Å². The predicted molar refractivity (Wildman–Crippen MR) is 99.5 cm³/mol. The number of halogens is 1. The molecule has 134 valence electrons. The van der Waals surface area contributed by atoms with E-state index in [-0.39, 0.29) is 11.7 Å². The van der Waals surface area contributed by atoms with Gasteiger partial charge < -0.3 is 10.2 Å². The highest BCUT2D eigenvalue weighted by Gasteiger charge is 2.09. The van der Waals surface area contributed by atoms with Crippen LogP contribution in [0.25, 0.3) is 0 Å². The van der Waals surface area contributed by atoms with Gasteiger partial charge in [0.2, 0.25) is 0 Å². The van der Waals surface area contributed by atoms with E-state index in [0.717, 1.165) is 37.2 Å². The van der Waals surface area contributed by atoms with Gasteiger partial charge in [0.25, 0.3) is 5.91 Å². The Kier molecular flexibility index (Phi) is 7.38. The van der Waals surface area contributed by atoms with E-state index in [2.05, 4.69) is 29.0 Å². The highest BCUT2D eigenvalue weighted by atomic mass is 19.1. The van der Waals surface area contributed by atoms with Gasteiger partial charge in [-0.2, -0.15) is 0 Å². The Morgan fingerprint density at radius 3 is 2.32 bits per heavy atom. The number of carbonyl (C=O) groups is 1. The maximum absolute atomic E-state index is 12.9. The third-order valence-corrected chi connectivity index (χ3v) is 3.95. The van der Waals surface area contributed by atoms with E-state index in [1.54, 1.807) is 24.4 Å². The van der Waals surface area contributed by atoms with Crippen molar-refractivity contribution in [3.8, 4) is 0 Å². The van der Waals surface area contributed by atoms with E-state index >= 15 is 0 Å². The van der Waals surface area contributed by atoms with Crippen molar-refractivity contribution in [2.45, 2.75) is 33.1 Å². The van der Waals surface area contributed by atoms with Crippen molar-refractivity contribution in [2.75, 3.05) is 24.5 Å². The lowest BCUT2D eigenvalue weighted by Gasteiger charge is -2.23. The first kappa shape index (κ1) is 18.9. The Balaban J connectivity index is 1.87. The molecule has 1 N–H and O–H groups in total. The number of nitrogens with one attached hydrogen (secondary N) is 1. The number of hydrogen-bond acceptors (Lipinski definition) is 3. The van der Waals surface area contributed by atoms with Gasteiger partial charge >= 0.3 is 0 Å². The van der Waals surface area contributed by atoms with Crippen molar-refractivity contribution in [2.24, 2.45) is 0 Å². The molecule has 0 spiro atoms. The van der Waals surface area contributed by atoms with Gasteiger partial charge in [-0.25, -0.2) is 9.37 Å². The van der Waals surface area contributed by atoms with Crippen LogP contribution in [0.2, 0.25) is 0 Å². The first-order valence-electron chi connectivity index (χ1n) is 8.87. The van der Waals surface area contributed by atoms with Crippen molar-refractivity contribution in [3.63, 3.8) is 0 Å². The van der Waals surface area contributed by atoms with Crippen LogP contribution in [0, 0.1) is 5.82 Å². The summed E-state index contributed by atoms with van der Waals surface area (Å²) in [5.41, 5.74) is 2.45. The Morgan fingerprint density at radius 1 is 1.08 bits per heavy atom. The average Bonchev–Trinajstić information content (AvgIpc) is 2.63. The molecular weight excluding hydrogens is 317 g/mol. The summed E-state index contributed by atoms with van der Waals surface area (Å²) in [6.45, 7) is 6.77. The zero-order valence-electron chi connectivity index (χ0n) is 15.0. The fourth-order valence-electron chi connectivity index (χ4n) is 2.68. The van der Waals surface area contributed by atoms with Crippen LogP contribution in [0.5, 0.6) is 0 Å². The predicted octanol–water partition coefficient (Wildman–Crippen LogP) is 3.82. The van der Waals surface area contributed by atoms with E-state index in [4.69, 9.17) is 0 Å². The maximum Gasteiger partial charge on any atom is 0.269 e. The monoisotopic (exact) mass is 343 g/mol. The molecule has 0 bridgehead atoms. The highest BCUT2D eigenvalue weighted by Crippen LogP contribution is 2.14. The second kappa shape index (κ2) is 9.77. The molecule has 4 nitrogen and oxygen atoms in total. The molecule has 0 aliphatic heterocycles. The van der Waals surface area contributed by atoms with Crippen molar-refractivity contribution in [1.29, 1.82) is 0 Å². The van der Waals surface area contributed by atoms with Crippen molar-refractivity contribution in [1.82, 2.24) is 10.3 Å². The minimum atomic E-state index is -0.253. The number of carbonyl (C=O) groups excluding carboxylic acids is 1. The number of hydrogen-bond donors (Lipinski definition) is 1. The molecule has 0 unspecified atom stereocenters. The van der Waals surface area contributed by atoms with Gasteiger partial charge in [0.1, 0.15) is 11.5 Å². The minimum Gasteiger partial charge on any atom is -0.370 e. The smallest absolute Gasteiger partial charge is 0.269 e. The Morgan fingerprint density at radius 2 is 1.76 bits per heavy atom. The first-order valence-corrected chi connectivity index (χ1v) is 8.87. The molecule has 1 aromatic carbocycles. The van der Waals surface area contributed by atoms with Gasteiger partial charge in [0, 0.05) is 19.6 Å². The summed E-state index contributed by atoms with van der Waals surface area (Å²) in [5.74, 6) is -0.441. The van der Waals surface area contributed by atoms with Crippen molar-refractivity contribution in [3.05, 3.63) is 59.7 Å². The number of amides is 1. The van der Waals surface area contributed by atoms with Crippen LogP contribution >= 0.6 is 0 Å². The molecule has 0 saturated heterocycles. The topological polar surface area (TPSA) is 45.2 Å². The zero-order valence-corrected chi connectivity index (χ0v) is 15.0. The van der Waals surface area contributed by atoms with Crippen molar-refractivity contribution >= 4 is 11.6 Å². The molecule has 0 atom stereocenters. The lowest BCUT2D eigenvalue weighted by atomic mass is 10.1. The summed E-state index contributed by atoms with van der Waals surface area (Å²) in [7, 11) is 0. The van der Waals surface area contributed by atoms with E-state index in [1.807, 2.05) is 6.07 Å². The Bertz CT molecular complexity index is 650. The molecule has 25 heavy (non-hydrogen) atoms. The van der Waals surface area contributed by atoms with Crippen LogP contribution in [0.15, 0.2) is 42.6 Å². The van der Waals surface area contributed by atoms with Crippen LogP contribution in [0.1, 0.15) is 42.7 Å². The van der Waals surface area contributed by atoms with Crippen LogP contribution in [-0.2, 0) is 6.42 Å². The van der Waals surface area contributed by atoms with Crippen LogP contribution in [0.3, 0.4) is 0 Å². The molecule has 1 amide bonds. The molecule has 0 radical (unpaired) electrons. The fourth-order valence-corrected chi connectivity index (χ4v) is 2.68. The molecule has 2 aromatic rings. The van der Waals surface area contributed by atoms with Gasteiger partial charge in [-0.15, -0.1) is 0 Å². The third kappa shape index (κ3) is 5.85. The SMILES string of the molecule is CCCN(CCC)c1ccc(C(=O)NCCc2ccc(F)cc2)nc1. The second-order valence-electron chi connectivity index (χ2n) is 6.02. The van der Waals surface area contributed by atoms with Crippen LogP contribution < -0.4 is 10.2 Å². The third-order valence-electron chi connectivity index (χ3n) is 3.95. The summed E-state index contributed by atoms with van der Waals surface area (Å²) in [5, 5.41) is 2.85. The van der Waals surface area contributed by atoms with E-state index in [1.165, 1.54) is 12.1 Å². The molecule has 0 aliphatic rings. The number of aromatic nitrogens is 1. The summed E-state index contributed by atoms with van der Waals surface area (Å²) in [6.07, 6.45) is 4.57. The summed E-state index contributed by atoms with van der Waals surface area (Å²) < 4.78 is 12.9. The first-order chi connectivity index (χ1) is 12.1. The van der Waals surface area contributed by atoms with E-state index < -0.39 is 0 Å². The summed E-state index contributed by atoms with van der Waals surface area (Å²) in [4.78, 5) is 18.8. The van der Waals surface area contributed by atoms with Gasteiger partial charge in [0.15, 0.2) is 0 Å². The molecule has 0 saturated carbocycles. The molecule has 5 heteroatoms. The lowest BCUT2D eigenvalue weighted by Crippen LogP contribution is -2.27. The number of anilines is 1. The maximum atomic E-state index is 12.9. The highest BCUT2D eigenvalue weighted by molar-refractivity contribution is 5.92. The quantitative estimate of drug-likeness (QED) is 0.753. The summed E-state index contributed by atoms with van der Waals surface area (Å²) >= 11 is 0. The molecule has 2 rings (SSSR count). The normalized spacial score (nSPS) is 10.5. The lowest BCUT2D eigenvalue weighted by molar-refractivity contribution is 0.0949. The van der Waals surface area contributed by atoms with Gasteiger partial charge in [0.05, 0.1) is 11.9 Å². The minimum absolute atomic E-state index is 0.189. The van der Waals surface area contributed by atoms with Crippen LogP contribution in [0.4, 0.5) is 10.1 Å². The Labute approximate surface area is 149 Å². The fraction of sp³-hybridized carbons (Fsp3) is 0.400. The number of pyridine rings is 1. The number of rotatable bonds is 9. The molecule has 1 heterocycles. The zero-order chi connectivity index (χ0) is 18.1. The summed E-state index contributed by atoms with van der Waals surface area (Å²) in [6, 6.07) is 10.0. The molecule has 0 fully saturated rings. The van der Waals surface area contributed by atoms with Gasteiger partial charge in [-0.05, 0) is 49.1 Å². The largest absolute Gasteiger partial charge is 0.370 e. The molecule has 0 aliphatic carbocycles. The molecule has 1 aromatic heterocycles. The van der Waals surface area contributed by atoms with E-state index in [9.17, 15) is 9.18 Å². The Hall–Kier alpha value is -2.43. The van der Waals surface area contributed by atoms with Crippen molar-refractivity contribution < 1.29 is 9.18 Å². The second-order valence-corrected chi connectivity index (χ2v) is 6.02. The number of nitrogens with zero attached hydrogens (tertiary/aromatic N) is 2. The van der Waals surface area contributed by atoms with Crippen LogP contribution in [-0.4, -0.2) is 30.5 Å². The van der Waals surface area contributed by atoms with Gasteiger partial charge in [-0.3, -0.25) is 4.79 Å². The van der Waals surface area contributed by atoms with Gasteiger partial charge in [-0.1, -0.05) is 26.0 Å².